The van der Waals surface area contributed by atoms with Crippen LogP contribution >= 0.6 is 0 Å². The van der Waals surface area contributed by atoms with Crippen LogP contribution in [0, 0.1) is 11.6 Å². The van der Waals surface area contributed by atoms with Gasteiger partial charge in [-0.1, -0.05) is 24.3 Å². The van der Waals surface area contributed by atoms with Gasteiger partial charge in [-0.3, -0.25) is 0 Å². The van der Waals surface area contributed by atoms with Crippen LogP contribution in [0.2, 0.25) is 0 Å². The highest BCUT2D eigenvalue weighted by molar-refractivity contribution is 5.89. The molecule has 2 atom stereocenters. The van der Waals surface area contributed by atoms with E-state index in [1.54, 1.807) is 24.3 Å². The summed E-state index contributed by atoms with van der Waals surface area (Å²) < 4.78 is 26.5. The van der Waals surface area contributed by atoms with Crippen LogP contribution in [-0.2, 0) is 16.0 Å². The lowest BCUT2D eigenvalue weighted by atomic mass is 9.87. The molecule has 5 N–H and O–H groups in total. The first-order valence-corrected chi connectivity index (χ1v) is 8.25. The molecule has 28 heavy (non-hydrogen) atoms. The van der Waals surface area contributed by atoms with Crippen molar-refractivity contribution in [2.24, 2.45) is 5.73 Å². The first-order chi connectivity index (χ1) is 13.2. The van der Waals surface area contributed by atoms with Gasteiger partial charge in [0.25, 0.3) is 0 Å². The standard InChI is InChI=1S/C16H17F2NO.C4H4O4/c17-13-5-1-3-11(7-13)8-15(16(20)10-19)12-4-2-6-14(18)9-12;5-3(6)1-2-4(7)8/h1-7,9,15-16,20H,8,10,19H2;1-2H,(H,5,6)(H,7,8)/b;2-1+. The average molecular weight is 393 g/mol. The molecular weight excluding hydrogens is 372 g/mol. The summed E-state index contributed by atoms with van der Waals surface area (Å²) in [5.74, 6) is -3.57. The Bertz CT molecular complexity index is 810. The van der Waals surface area contributed by atoms with Crippen molar-refractivity contribution in [2.45, 2.75) is 18.4 Å². The smallest absolute Gasteiger partial charge is 0.328 e. The highest BCUT2D eigenvalue weighted by Gasteiger charge is 2.21. The van der Waals surface area contributed by atoms with Crippen LogP contribution in [0.4, 0.5) is 8.78 Å². The van der Waals surface area contributed by atoms with E-state index < -0.39 is 18.0 Å². The Balaban J connectivity index is 0.000000416. The van der Waals surface area contributed by atoms with E-state index >= 15 is 0 Å². The van der Waals surface area contributed by atoms with Crippen molar-refractivity contribution in [2.75, 3.05) is 6.54 Å². The minimum Gasteiger partial charge on any atom is -0.478 e. The van der Waals surface area contributed by atoms with Crippen LogP contribution in [0.15, 0.2) is 60.7 Å². The normalized spacial score (nSPS) is 12.7. The van der Waals surface area contributed by atoms with Gasteiger partial charge in [-0.2, -0.15) is 0 Å². The number of rotatable bonds is 7. The summed E-state index contributed by atoms with van der Waals surface area (Å²) >= 11 is 0. The molecule has 150 valence electrons. The van der Waals surface area contributed by atoms with Gasteiger partial charge in [0.15, 0.2) is 0 Å². The lowest BCUT2D eigenvalue weighted by molar-refractivity contribution is -0.134. The van der Waals surface area contributed by atoms with Crippen LogP contribution in [0.5, 0.6) is 0 Å². The maximum Gasteiger partial charge on any atom is 0.328 e. The third-order valence-corrected chi connectivity index (χ3v) is 3.70. The van der Waals surface area contributed by atoms with Crippen LogP contribution < -0.4 is 5.73 Å². The molecule has 8 heteroatoms. The molecule has 0 aromatic heterocycles. The molecule has 6 nitrogen and oxygen atoms in total. The molecule has 0 fully saturated rings. The van der Waals surface area contributed by atoms with Gasteiger partial charge in [0.2, 0.25) is 0 Å². The number of halogens is 2. The quantitative estimate of drug-likeness (QED) is 0.536. The Labute approximate surface area is 160 Å². The second-order valence-corrected chi connectivity index (χ2v) is 5.81. The third kappa shape index (κ3) is 8.52. The zero-order chi connectivity index (χ0) is 21.1. The first kappa shape index (κ1) is 22.9. The molecule has 0 aliphatic carbocycles. The summed E-state index contributed by atoms with van der Waals surface area (Å²) in [4.78, 5) is 19.1. The van der Waals surface area contributed by atoms with Crippen molar-refractivity contribution in [1.29, 1.82) is 0 Å². The van der Waals surface area contributed by atoms with Gasteiger partial charge >= 0.3 is 11.9 Å². The van der Waals surface area contributed by atoms with E-state index in [1.165, 1.54) is 24.3 Å². The van der Waals surface area contributed by atoms with Crippen molar-refractivity contribution in [3.8, 4) is 0 Å². The number of carbonyl (C=O) groups is 2. The van der Waals surface area contributed by atoms with E-state index in [1.807, 2.05) is 0 Å². The molecular formula is C20H21F2NO5. The second kappa shape index (κ2) is 11.6. The molecule has 0 bridgehead atoms. The van der Waals surface area contributed by atoms with E-state index in [4.69, 9.17) is 15.9 Å². The summed E-state index contributed by atoms with van der Waals surface area (Å²) in [7, 11) is 0. The maximum absolute atomic E-state index is 13.3. The lowest BCUT2D eigenvalue weighted by Crippen LogP contribution is -2.28. The maximum atomic E-state index is 13.3. The predicted molar refractivity (Wildman–Crippen MR) is 98.7 cm³/mol. The number of carboxylic acids is 2. The molecule has 0 aliphatic rings. The molecule has 0 radical (unpaired) electrons. The van der Waals surface area contributed by atoms with Gasteiger partial charge in [0, 0.05) is 24.6 Å². The number of aliphatic hydroxyl groups is 1. The predicted octanol–water partition coefficient (Wildman–Crippen LogP) is 2.32. The summed E-state index contributed by atoms with van der Waals surface area (Å²) in [6, 6.07) is 12.2. The topological polar surface area (TPSA) is 121 Å². The first-order valence-electron chi connectivity index (χ1n) is 8.25. The number of aliphatic hydroxyl groups excluding tert-OH is 1. The molecule has 2 unspecified atom stereocenters. The zero-order valence-corrected chi connectivity index (χ0v) is 14.8. The van der Waals surface area contributed by atoms with Crippen molar-refractivity contribution in [3.05, 3.63) is 83.4 Å². The molecule has 2 aromatic carbocycles. The minimum atomic E-state index is -1.26. The third-order valence-electron chi connectivity index (χ3n) is 3.70. The van der Waals surface area contributed by atoms with Gasteiger partial charge in [0.1, 0.15) is 11.6 Å². The van der Waals surface area contributed by atoms with Gasteiger partial charge in [-0.15, -0.1) is 0 Å². The summed E-state index contributed by atoms with van der Waals surface area (Å²) in [6.45, 7) is 0.0660. The van der Waals surface area contributed by atoms with Crippen LogP contribution in [0.1, 0.15) is 17.0 Å². The fraction of sp³-hybridized carbons (Fsp3) is 0.200. The molecule has 0 heterocycles. The van der Waals surface area contributed by atoms with E-state index in [0.717, 1.165) is 5.56 Å². The Morgan fingerprint density at radius 1 is 0.964 bits per heavy atom. The van der Waals surface area contributed by atoms with Gasteiger partial charge in [-0.05, 0) is 41.8 Å². The van der Waals surface area contributed by atoms with Crippen LogP contribution in [-0.4, -0.2) is 39.9 Å². The Hall–Kier alpha value is -3.10. The molecule has 0 amide bonds. The van der Waals surface area contributed by atoms with E-state index in [0.29, 0.717) is 24.1 Å². The van der Waals surface area contributed by atoms with Gasteiger partial charge < -0.3 is 21.1 Å². The van der Waals surface area contributed by atoms with Gasteiger partial charge in [-0.25, -0.2) is 18.4 Å². The average Bonchev–Trinajstić information content (AvgIpc) is 2.64. The number of nitrogens with two attached hydrogens (primary N) is 1. The number of carboxylic acid groups (broad SMARTS) is 2. The van der Waals surface area contributed by atoms with E-state index in [9.17, 15) is 23.5 Å². The second-order valence-electron chi connectivity index (χ2n) is 5.81. The van der Waals surface area contributed by atoms with Crippen LogP contribution in [0.3, 0.4) is 0 Å². The molecule has 2 aromatic rings. The number of hydrogen-bond donors (Lipinski definition) is 4. The zero-order valence-electron chi connectivity index (χ0n) is 14.8. The molecule has 0 saturated heterocycles. The fourth-order valence-electron chi connectivity index (χ4n) is 2.44. The Morgan fingerprint density at radius 3 is 1.96 bits per heavy atom. The number of benzene rings is 2. The highest BCUT2D eigenvalue weighted by Crippen LogP contribution is 2.25. The molecule has 0 spiro atoms. The molecule has 2 rings (SSSR count). The van der Waals surface area contributed by atoms with E-state index in [-0.39, 0.29) is 24.1 Å². The summed E-state index contributed by atoms with van der Waals surface area (Å²) in [6.07, 6.45) is 0.713. The van der Waals surface area contributed by atoms with Crippen molar-refractivity contribution in [3.63, 3.8) is 0 Å². The molecule has 0 saturated carbocycles. The largest absolute Gasteiger partial charge is 0.478 e. The minimum absolute atomic E-state index is 0.0660. The van der Waals surface area contributed by atoms with E-state index in [2.05, 4.69) is 0 Å². The Morgan fingerprint density at radius 2 is 1.50 bits per heavy atom. The SMILES string of the molecule is NCC(O)C(Cc1cccc(F)c1)c1cccc(F)c1.O=C(O)/C=C/C(=O)O. The van der Waals surface area contributed by atoms with Crippen molar-refractivity contribution >= 4 is 11.9 Å². The summed E-state index contributed by atoms with van der Waals surface area (Å²) in [5.41, 5.74) is 6.92. The van der Waals surface area contributed by atoms with Crippen molar-refractivity contribution in [1.82, 2.24) is 0 Å². The fourth-order valence-corrected chi connectivity index (χ4v) is 2.44. The summed E-state index contributed by atoms with van der Waals surface area (Å²) in [5, 5.41) is 25.7. The van der Waals surface area contributed by atoms with Gasteiger partial charge in [0.05, 0.1) is 6.10 Å². The highest BCUT2D eigenvalue weighted by atomic mass is 19.1. The molecule has 0 aliphatic heterocycles. The number of aliphatic carboxylic acids is 2. The van der Waals surface area contributed by atoms with Crippen LogP contribution in [0.25, 0.3) is 0 Å². The van der Waals surface area contributed by atoms with Crippen molar-refractivity contribution < 1.29 is 33.7 Å². The number of hydrogen-bond acceptors (Lipinski definition) is 4. The lowest BCUT2D eigenvalue weighted by Gasteiger charge is -2.22. The Kier molecular flexibility index (Phi) is 9.49. The monoisotopic (exact) mass is 393 g/mol.